The molecule has 1 N–H and O–H groups in total. The highest BCUT2D eigenvalue weighted by molar-refractivity contribution is 7.09. The van der Waals surface area contributed by atoms with Gasteiger partial charge in [-0.25, -0.2) is 4.98 Å². The molecule has 1 aromatic heterocycles. The van der Waals surface area contributed by atoms with E-state index in [0.717, 1.165) is 49.5 Å². The lowest BCUT2D eigenvalue weighted by molar-refractivity contribution is -0.122. The zero-order chi connectivity index (χ0) is 18.8. The molecule has 2 heterocycles. The SMILES string of the molecule is O=C(NCc1csc(C2CCN(C(=O)c3ccc(Cl)cc3)CC2)n1)C1CC1. The molecule has 7 heteroatoms. The summed E-state index contributed by atoms with van der Waals surface area (Å²) in [5.74, 6) is 0.828. The van der Waals surface area contributed by atoms with Gasteiger partial charge in [0.15, 0.2) is 0 Å². The maximum Gasteiger partial charge on any atom is 0.253 e. The second-order valence-electron chi connectivity index (χ2n) is 7.24. The molecule has 1 saturated heterocycles. The van der Waals surface area contributed by atoms with Crippen LogP contribution < -0.4 is 5.32 Å². The number of nitrogens with one attached hydrogen (secondary N) is 1. The van der Waals surface area contributed by atoms with Crippen molar-refractivity contribution in [3.8, 4) is 0 Å². The topological polar surface area (TPSA) is 62.3 Å². The van der Waals surface area contributed by atoms with E-state index >= 15 is 0 Å². The molecule has 2 amide bonds. The fourth-order valence-electron chi connectivity index (χ4n) is 3.36. The number of amides is 2. The lowest BCUT2D eigenvalue weighted by Crippen LogP contribution is -2.37. The van der Waals surface area contributed by atoms with E-state index in [1.165, 1.54) is 0 Å². The fourth-order valence-corrected chi connectivity index (χ4v) is 4.48. The van der Waals surface area contributed by atoms with Crippen LogP contribution in [0.15, 0.2) is 29.6 Å². The van der Waals surface area contributed by atoms with Gasteiger partial charge in [0.25, 0.3) is 5.91 Å². The van der Waals surface area contributed by atoms with Crippen LogP contribution in [-0.4, -0.2) is 34.8 Å². The Labute approximate surface area is 167 Å². The molecule has 5 nitrogen and oxygen atoms in total. The molecule has 0 spiro atoms. The van der Waals surface area contributed by atoms with E-state index < -0.39 is 0 Å². The van der Waals surface area contributed by atoms with Gasteiger partial charge in [0.05, 0.1) is 17.2 Å². The van der Waals surface area contributed by atoms with Gasteiger partial charge in [-0.05, 0) is 49.9 Å². The van der Waals surface area contributed by atoms with Crippen molar-refractivity contribution in [2.24, 2.45) is 5.92 Å². The summed E-state index contributed by atoms with van der Waals surface area (Å²) in [5, 5.41) is 6.75. The highest BCUT2D eigenvalue weighted by Crippen LogP contribution is 2.31. The second kappa shape index (κ2) is 7.98. The number of thiazole rings is 1. The van der Waals surface area contributed by atoms with E-state index in [1.807, 2.05) is 10.3 Å². The van der Waals surface area contributed by atoms with Gasteiger partial charge in [0.2, 0.25) is 5.91 Å². The summed E-state index contributed by atoms with van der Waals surface area (Å²) in [6.45, 7) is 1.98. The van der Waals surface area contributed by atoms with Gasteiger partial charge in [-0.15, -0.1) is 11.3 Å². The standard InChI is InChI=1S/C20H22ClN3O2S/c21-16-5-3-15(4-6-16)20(26)24-9-7-14(8-10-24)19-23-17(12-27-19)11-22-18(25)13-1-2-13/h3-6,12-14H,1-2,7-11H2,(H,22,25). The quantitative estimate of drug-likeness (QED) is 0.824. The summed E-state index contributed by atoms with van der Waals surface area (Å²) in [6.07, 6.45) is 3.87. The van der Waals surface area contributed by atoms with E-state index in [9.17, 15) is 9.59 Å². The van der Waals surface area contributed by atoms with E-state index in [0.29, 0.717) is 23.0 Å². The number of benzene rings is 1. The number of hydrogen-bond donors (Lipinski definition) is 1. The number of carbonyl (C=O) groups excluding carboxylic acids is 2. The summed E-state index contributed by atoms with van der Waals surface area (Å²) < 4.78 is 0. The molecule has 2 aliphatic rings. The zero-order valence-electron chi connectivity index (χ0n) is 15.0. The molecule has 1 saturated carbocycles. The average Bonchev–Trinajstić information content (AvgIpc) is 3.44. The maximum absolute atomic E-state index is 12.6. The van der Waals surface area contributed by atoms with Crippen LogP contribution in [0.25, 0.3) is 0 Å². The van der Waals surface area contributed by atoms with Gasteiger partial charge in [0, 0.05) is 40.9 Å². The van der Waals surface area contributed by atoms with Crippen molar-refractivity contribution in [3.63, 3.8) is 0 Å². The minimum atomic E-state index is 0.0627. The number of likely N-dealkylation sites (tertiary alicyclic amines) is 1. The van der Waals surface area contributed by atoms with Gasteiger partial charge in [-0.3, -0.25) is 9.59 Å². The molecule has 1 aliphatic carbocycles. The minimum absolute atomic E-state index is 0.0627. The molecule has 1 aromatic carbocycles. The molecule has 27 heavy (non-hydrogen) atoms. The number of nitrogens with zero attached hydrogens (tertiary/aromatic N) is 2. The number of rotatable bonds is 5. The lowest BCUT2D eigenvalue weighted by atomic mass is 9.97. The molecule has 1 aliphatic heterocycles. The van der Waals surface area contributed by atoms with Gasteiger partial charge in [-0.1, -0.05) is 11.6 Å². The number of hydrogen-bond acceptors (Lipinski definition) is 4. The highest BCUT2D eigenvalue weighted by Gasteiger charge is 2.29. The van der Waals surface area contributed by atoms with E-state index in [1.54, 1.807) is 35.6 Å². The second-order valence-corrected chi connectivity index (χ2v) is 8.57. The minimum Gasteiger partial charge on any atom is -0.350 e. The van der Waals surface area contributed by atoms with Crippen LogP contribution in [-0.2, 0) is 11.3 Å². The molecule has 0 unspecified atom stereocenters. The van der Waals surface area contributed by atoms with Gasteiger partial charge in [-0.2, -0.15) is 0 Å². The van der Waals surface area contributed by atoms with Crippen molar-refractivity contribution in [3.05, 3.63) is 50.9 Å². The first-order valence-electron chi connectivity index (χ1n) is 9.37. The number of carbonyl (C=O) groups is 2. The van der Waals surface area contributed by atoms with Crippen LogP contribution in [0.4, 0.5) is 0 Å². The molecule has 2 fully saturated rings. The predicted molar refractivity (Wildman–Crippen MR) is 106 cm³/mol. The Kier molecular flexibility index (Phi) is 5.45. The lowest BCUT2D eigenvalue weighted by Gasteiger charge is -2.31. The van der Waals surface area contributed by atoms with Gasteiger partial charge >= 0.3 is 0 Å². The molecule has 0 radical (unpaired) electrons. The maximum atomic E-state index is 12.6. The van der Waals surface area contributed by atoms with Crippen molar-refractivity contribution < 1.29 is 9.59 Å². The summed E-state index contributed by atoms with van der Waals surface area (Å²) in [6, 6.07) is 7.06. The molecule has 4 rings (SSSR count). The molecule has 2 aromatic rings. The van der Waals surface area contributed by atoms with Crippen LogP contribution in [0.1, 0.15) is 52.7 Å². The Bertz CT molecular complexity index is 824. The number of aromatic nitrogens is 1. The molecule has 142 valence electrons. The molecular formula is C20H22ClN3O2S. The van der Waals surface area contributed by atoms with Crippen molar-refractivity contribution in [2.75, 3.05) is 13.1 Å². The van der Waals surface area contributed by atoms with Crippen LogP contribution in [0.3, 0.4) is 0 Å². The summed E-state index contributed by atoms with van der Waals surface area (Å²) in [4.78, 5) is 31.0. The molecule has 0 bridgehead atoms. The number of halogens is 1. The van der Waals surface area contributed by atoms with Crippen molar-refractivity contribution in [1.29, 1.82) is 0 Å². The average molecular weight is 404 g/mol. The summed E-state index contributed by atoms with van der Waals surface area (Å²) >= 11 is 7.55. The Morgan fingerprint density at radius 3 is 2.52 bits per heavy atom. The first-order valence-corrected chi connectivity index (χ1v) is 10.6. The monoisotopic (exact) mass is 403 g/mol. The van der Waals surface area contributed by atoms with Crippen molar-refractivity contribution in [1.82, 2.24) is 15.2 Å². The smallest absolute Gasteiger partial charge is 0.253 e. The summed E-state index contributed by atoms with van der Waals surface area (Å²) in [7, 11) is 0. The van der Waals surface area contributed by atoms with Crippen molar-refractivity contribution >= 4 is 34.8 Å². The fraction of sp³-hybridized carbons (Fsp3) is 0.450. The zero-order valence-corrected chi connectivity index (χ0v) is 16.6. The molecular weight excluding hydrogens is 382 g/mol. The van der Waals surface area contributed by atoms with Crippen LogP contribution in [0, 0.1) is 5.92 Å². The molecule has 0 atom stereocenters. The van der Waals surface area contributed by atoms with Crippen LogP contribution in [0.5, 0.6) is 0 Å². The third-order valence-electron chi connectivity index (χ3n) is 5.18. The van der Waals surface area contributed by atoms with E-state index in [2.05, 4.69) is 5.32 Å². The van der Waals surface area contributed by atoms with Crippen LogP contribution in [0.2, 0.25) is 5.02 Å². The Morgan fingerprint density at radius 2 is 1.85 bits per heavy atom. The van der Waals surface area contributed by atoms with Gasteiger partial charge in [0.1, 0.15) is 0 Å². The first kappa shape index (κ1) is 18.4. The normalized spacial score (nSPS) is 17.7. The Balaban J connectivity index is 1.29. The number of piperidine rings is 1. The van der Waals surface area contributed by atoms with Crippen molar-refractivity contribution in [2.45, 2.75) is 38.1 Å². The highest BCUT2D eigenvalue weighted by atomic mass is 35.5. The summed E-state index contributed by atoms with van der Waals surface area (Å²) in [5.41, 5.74) is 1.62. The third kappa shape index (κ3) is 4.50. The van der Waals surface area contributed by atoms with Crippen LogP contribution >= 0.6 is 22.9 Å². The largest absolute Gasteiger partial charge is 0.350 e. The Morgan fingerprint density at radius 1 is 1.15 bits per heavy atom. The predicted octanol–water partition coefficient (Wildman–Crippen LogP) is 3.84. The van der Waals surface area contributed by atoms with E-state index in [-0.39, 0.29) is 17.7 Å². The van der Waals surface area contributed by atoms with Gasteiger partial charge < -0.3 is 10.2 Å². The van der Waals surface area contributed by atoms with E-state index in [4.69, 9.17) is 16.6 Å². The third-order valence-corrected chi connectivity index (χ3v) is 6.49. The first-order chi connectivity index (χ1) is 13.1. The Hall–Kier alpha value is -1.92.